The first kappa shape index (κ1) is 43.8. The van der Waals surface area contributed by atoms with E-state index < -0.39 is 41.8 Å². The minimum absolute atomic E-state index is 0.0411. The molecule has 5 heterocycles. The number of hydrogen-bond donors (Lipinski definition) is 3. The van der Waals surface area contributed by atoms with Crippen molar-refractivity contribution in [2.75, 3.05) is 43.9 Å². The molecule has 8 rings (SSSR count). The second kappa shape index (κ2) is 19.2. The molecule has 4 fully saturated rings. The lowest BCUT2D eigenvalue weighted by Gasteiger charge is -2.39. The lowest BCUT2D eigenvalue weighted by atomic mass is 9.85. The highest BCUT2D eigenvalue weighted by Crippen LogP contribution is 2.36. The molecule has 2 aliphatic carbocycles. The standard InChI is InChI=1S/C45H54F2N10O6/c1-27-4-3-5-31(39(27)45(62)56(26-58)36-12-13-38(59)52-43(36)61)23-55-18-15-32(16-19-55)54(2)22-29-8-10-33(11-9-29)57-24-34(40(53-57)41(46)47)50-42(60)35-25-63-44(51-35)30-14-17-48-37(20-30)49-21-28-6-7-28/h3-5,14,17,20,24-26,28-29,32-33,36,41H,6-13,15-16,18-19,21-23H2,1-2H3,(H,48,49)(H,50,60)(H,52,59,61). The van der Waals surface area contributed by atoms with Crippen LogP contribution in [0.25, 0.3) is 11.5 Å². The number of rotatable bonds is 16. The van der Waals surface area contributed by atoms with Gasteiger partial charge in [-0.15, -0.1) is 0 Å². The third-order valence-electron chi connectivity index (χ3n) is 13.0. The average Bonchev–Trinajstić information content (AvgIpc) is 3.79. The lowest BCUT2D eigenvalue weighted by Crippen LogP contribution is -2.54. The molecule has 2 aliphatic heterocycles. The Kier molecular flexibility index (Phi) is 13.4. The Balaban J connectivity index is 0.811. The van der Waals surface area contributed by atoms with Crippen LogP contribution in [0.15, 0.2) is 53.4 Å². The Bertz CT molecular complexity index is 2310. The van der Waals surface area contributed by atoms with Gasteiger partial charge in [-0.1, -0.05) is 18.2 Å². The van der Waals surface area contributed by atoms with E-state index in [0.29, 0.717) is 53.3 Å². The van der Waals surface area contributed by atoms with Crippen molar-refractivity contribution in [3.63, 3.8) is 0 Å². The number of imide groups is 2. The fourth-order valence-corrected chi connectivity index (χ4v) is 9.19. The van der Waals surface area contributed by atoms with Gasteiger partial charge in [0.05, 0.1) is 11.7 Å². The van der Waals surface area contributed by atoms with Crippen LogP contribution in [-0.2, 0) is 20.9 Å². The van der Waals surface area contributed by atoms with Crippen molar-refractivity contribution in [3.8, 4) is 11.5 Å². The van der Waals surface area contributed by atoms with Crippen molar-refractivity contribution >= 4 is 41.5 Å². The molecule has 1 aromatic carbocycles. The van der Waals surface area contributed by atoms with Crippen molar-refractivity contribution in [1.29, 1.82) is 0 Å². The van der Waals surface area contributed by atoms with Gasteiger partial charge < -0.3 is 20.0 Å². The Labute approximate surface area is 364 Å². The molecule has 4 aromatic rings. The number of anilines is 2. The number of aryl methyl sites for hydroxylation is 1. The average molecular weight is 869 g/mol. The van der Waals surface area contributed by atoms with Crippen molar-refractivity contribution < 1.29 is 37.2 Å². The maximum Gasteiger partial charge on any atom is 0.284 e. The van der Waals surface area contributed by atoms with Crippen LogP contribution in [0.3, 0.4) is 0 Å². The van der Waals surface area contributed by atoms with Gasteiger partial charge in [0.2, 0.25) is 24.1 Å². The Morgan fingerprint density at radius 1 is 1.03 bits per heavy atom. The number of halogens is 2. The lowest BCUT2D eigenvalue weighted by molar-refractivity contribution is -0.139. The molecule has 63 heavy (non-hydrogen) atoms. The molecule has 1 unspecified atom stereocenters. The van der Waals surface area contributed by atoms with E-state index in [1.165, 1.54) is 25.3 Å². The first-order chi connectivity index (χ1) is 30.4. The maximum atomic E-state index is 14.2. The molecule has 18 heteroatoms. The number of benzene rings is 1. The maximum absolute atomic E-state index is 14.2. The largest absolute Gasteiger partial charge is 0.444 e. The van der Waals surface area contributed by atoms with E-state index in [4.69, 9.17) is 4.42 Å². The Morgan fingerprint density at radius 3 is 2.51 bits per heavy atom. The number of oxazole rings is 1. The van der Waals surface area contributed by atoms with Crippen LogP contribution in [0, 0.1) is 18.8 Å². The van der Waals surface area contributed by atoms with Gasteiger partial charge in [-0.25, -0.2) is 18.7 Å². The summed E-state index contributed by atoms with van der Waals surface area (Å²) in [5.74, 6) is -0.286. The number of hydrogen-bond acceptors (Lipinski definition) is 12. The fraction of sp³-hybridized carbons (Fsp3) is 0.511. The number of piperidine rings is 2. The molecule has 1 atom stereocenters. The minimum atomic E-state index is -2.89. The summed E-state index contributed by atoms with van der Waals surface area (Å²) in [6.07, 6.45) is 9.64. The van der Waals surface area contributed by atoms with Gasteiger partial charge in [-0.3, -0.25) is 43.8 Å². The number of likely N-dealkylation sites (tertiary alicyclic amines) is 1. The third kappa shape index (κ3) is 10.3. The molecule has 334 valence electrons. The van der Waals surface area contributed by atoms with E-state index in [0.717, 1.165) is 75.2 Å². The second-order valence-corrected chi connectivity index (χ2v) is 17.5. The van der Waals surface area contributed by atoms with Gasteiger partial charge in [-0.2, -0.15) is 5.10 Å². The third-order valence-corrected chi connectivity index (χ3v) is 13.0. The number of carbonyl (C=O) groups is 5. The van der Waals surface area contributed by atoms with Crippen LogP contribution >= 0.6 is 0 Å². The van der Waals surface area contributed by atoms with Gasteiger partial charge in [0.1, 0.15) is 18.1 Å². The first-order valence-electron chi connectivity index (χ1n) is 21.9. The molecule has 5 amide bonds. The van der Waals surface area contributed by atoms with Crippen molar-refractivity contribution in [1.82, 2.24) is 39.8 Å². The topological polar surface area (TPSA) is 188 Å². The predicted molar refractivity (Wildman–Crippen MR) is 228 cm³/mol. The van der Waals surface area contributed by atoms with Crippen LogP contribution in [-0.4, -0.2) is 110 Å². The molecule has 16 nitrogen and oxygen atoms in total. The second-order valence-electron chi connectivity index (χ2n) is 17.5. The highest BCUT2D eigenvalue weighted by Gasteiger charge is 2.37. The van der Waals surface area contributed by atoms with Crippen LogP contribution in [0.5, 0.6) is 0 Å². The highest BCUT2D eigenvalue weighted by molar-refractivity contribution is 6.08. The summed E-state index contributed by atoms with van der Waals surface area (Å²) >= 11 is 0. The summed E-state index contributed by atoms with van der Waals surface area (Å²) in [7, 11) is 2.16. The summed E-state index contributed by atoms with van der Waals surface area (Å²) < 4.78 is 35.6. The van der Waals surface area contributed by atoms with E-state index in [9.17, 15) is 32.8 Å². The number of aromatic nitrogens is 4. The van der Waals surface area contributed by atoms with E-state index in [-0.39, 0.29) is 36.2 Å². The van der Waals surface area contributed by atoms with Gasteiger partial charge in [-0.05, 0) is 120 Å². The zero-order chi connectivity index (χ0) is 44.2. The van der Waals surface area contributed by atoms with Gasteiger partial charge in [0.15, 0.2) is 11.4 Å². The zero-order valence-electron chi connectivity index (χ0n) is 35.6. The Morgan fingerprint density at radius 2 is 1.79 bits per heavy atom. The molecular formula is C45H54F2N10O6. The van der Waals surface area contributed by atoms with Crippen molar-refractivity contribution in [2.24, 2.45) is 11.8 Å². The van der Waals surface area contributed by atoms with Crippen LogP contribution in [0.2, 0.25) is 0 Å². The van der Waals surface area contributed by atoms with Crippen LogP contribution in [0.4, 0.5) is 20.3 Å². The predicted octanol–water partition coefficient (Wildman–Crippen LogP) is 5.98. The number of carbonyl (C=O) groups excluding carboxylic acids is 5. The monoisotopic (exact) mass is 868 g/mol. The molecule has 2 saturated carbocycles. The fourth-order valence-electron chi connectivity index (χ4n) is 9.19. The van der Waals surface area contributed by atoms with Crippen molar-refractivity contribution in [3.05, 3.63) is 77.1 Å². The number of pyridine rings is 1. The molecular weight excluding hydrogens is 815 g/mol. The minimum Gasteiger partial charge on any atom is -0.444 e. The van der Waals surface area contributed by atoms with Gasteiger partial charge in [0, 0.05) is 55.6 Å². The number of nitrogens with zero attached hydrogens (tertiary/aromatic N) is 7. The Hall–Kier alpha value is -5.88. The summed E-state index contributed by atoms with van der Waals surface area (Å²) in [5, 5.41) is 12.4. The smallest absolute Gasteiger partial charge is 0.284 e. The zero-order valence-corrected chi connectivity index (χ0v) is 35.6. The molecule has 0 bridgehead atoms. The summed E-state index contributed by atoms with van der Waals surface area (Å²) in [6, 6.07) is 8.37. The van der Waals surface area contributed by atoms with E-state index in [2.05, 4.69) is 47.9 Å². The van der Waals surface area contributed by atoms with Gasteiger partial charge >= 0.3 is 0 Å². The van der Waals surface area contributed by atoms with E-state index in [1.807, 2.05) is 25.1 Å². The van der Waals surface area contributed by atoms with E-state index >= 15 is 0 Å². The molecule has 4 aliphatic rings. The quantitative estimate of drug-likeness (QED) is 0.0884. The number of nitrogens with one attached hydrogen (secondary N) is 3. The van der Waals surface area contributed by atoms with Crippen molar-refractivity contribution in [2.45, 2.75) is 102 Å². The van der Waals surface area contributed by atoms with Gasteiger partial charge in [0.25, 0.3) is 18.2 Å². The van der Waals surface area contributed by atoms with E-state index in [1.54, 1.807) is 23.0 Å². The summed E-state index contributed by atoms with van der Waals surface area (Å²) in [4.78, 5) is 77.6. The highest BCUT2D eigenvalue weighted by atomic mass is 19.3. The normalized spacial score (nSPS) is 21.1. The van der Waals surface area contributed by atoms with Crippen LogP contribution in [0.1, 0.15) is 114 Å². The summed E-state index contributed by atoms with van der Waals surface area (Å²) in [5.41, 5.74) is 1.95. The number of amides is 5. The van der Waals surface area contributed by atoms with Crippen LogP contribution < -0.4 is 16.0 Å². The first-order valence-corrected chi connectivity index (χ1v) is 21.9. The summed E-state index contributed by atoms with van der Waals surface area (Å²) in [6.45, 7) is 5.72. The molecule has 0 radical (unpaired) electrons. The SMILES string of the molecule is Cc1cccc(CN2CCC(N(C)CC3CCC(n4cc(NC(=O)c5coc(-c6ccnc(NCC7CC7)c6)n5)c(C(F)F)n4)CC3)CC2)c1C(=O)N(C=O)C1CCC(=O)NC1=O. The molecule has 3 aromatic heterocycles. The number of alkyl halides is 2. The molecule has 3 N–H and O–H groups in total. The molecule has 0 spiro atoms. The molecule has 2 saturated heterocycles.